The zero-order chi connectivity index (χ0) is 13.2. The zero-order valence-corrected chi connectivity index (χ0v) is 13.4. The van der Waals surface area contributed by atoms with Gasteiger partial charge >= 0.3 is 0 Å². The monoisotopic (exact) mass is 448 g/mol. The van der Waals surface area contributed by atoms with Crippen LogP contribution in [0.5, 0.6) is 0 Å². The Morgan fingerprint density at radius 1 is 1.41 bits per heavy atom. The van der Waals surface area contributed by atoms with E-state index in [0.29, 0.717) is 0 Å². The molecule has 0 radical (unpaired) electrons. The molecule has 0 spiro atoms. The normalized spacial score (nSPS) is 11.1. The van der Waals surface area contributed by atoms with E-state index in [1.807, 2.05) is 0 Å². The summed E-state index contributed by atoms with van der Waals surface area (Å²) in [4.78, 5) is 21.6. The highest BCUT2D eigenvalue weighted by Crippen LogP contribution is 2.35. The van der Waals surface area contributed by atoms with Crippen molar-refractivity contribution in [3.8, 4) is 0 Å². The average Bonchev–Trinajstić information content (AvgIpc) is 2.19. The van der Waals surface area contributed by atoms with Crippen molar-refractivity contribution in [2.75, 3.05) is 5.32 Å². The molecule has 0 aromatic heterocycles. The maximum absolute atomic E-state index is 11.5. The van der Waals surface area contributed by atoms with Crippen LogP contribution in [-0.2, 0) is 4.79 Å². The second-order valence-corrected chi connectivity index (χ2v) is 10.0. The summed E-state index contributed by atoms with van der Waals surface area (Å²) in [5, 5.41) is 13.1. The van der Waals surface area contributed by atoms with Gasteiger partial charge in [-0.3, -0.25) is 14.9 Å². The molecule has 1 aromatic carbocycles. The fraction of sp³-hybridized carbons (Fsp3) is 0.125. The highest BCUT2D eigenvalue weighted by Gasteiger charge is 2.29. The van der Waals surface area contributed by atoms with E-state index >= 15 is 0 Å². The van der Waals surface area contributed by atoms with Crippen molar-refractivity contribution in [3.63, 3.8) is 0 Å². The highest BCUT2D eigenvalue weighted by atomic mass is 80.0. The van der Waals surface area contributed by atoms with Crippen LogP contribution < -0.4 is 5.32 Å². The first-order chi connectivity index (χ1) is 7.71. The summed E-state index contributed by atoms with van der Waals surface area (Å²) in [7, 11) is 0. The van der Waals surface area contributed by atoms with Crippen molar-refractivity contribution in [2.45, 2.75) is 2.14 Å². The molecule has 0 aliphatic carbocycles. The number of nitro groups is 1. The van der Waals surface area contributed by atoms with Gasteiger partial charge in [0.15, 0.2) is 0 Å². The predicted molar refractivity (Wildman–Crippen MR) is 76.2 cm³/mol. The Kier molecular flexibility index (Phi) is 4.94. The number of alkyl halides is 3. The maximum atomic E-state index is 11.5. The lowest BCUT2D eigenvalue weighted by Crippen LogP contribution is -2.25. The van der Waals surface area contributed by atoms with E-state index in [1.165, 1.54) is 18.2 Å². The van der Waals surface area contributed by atoms with Gasteiger partial charge in [0.05, 0.1) is 4.92 Å². The Morgan fingerprint density at radius 2 is 2.00 bits per heavy atom. The van der Waals surface area contributed by atoms with E-state index in [4.69, 9.17) is 11.6 Å². The predicted octanol–water partition coefficient (Wildman–Crippen LogP) is 4.03. The molecule has 0 aliphatic rings. The number of nitrogens with zero attached hydrogens (tertiary/aromatic N) is 1. The number of carbonyl (C=O) groups is 1. The largest absolute Gasteiger partial charge is 0.323 e. The molecule has 1 N–H and O–H groups in total. The number of hydrogen-bond acceptors (Lipinski definition) is 3. The van der Waals surface area contributed by atoms with Gasteiger partial charge in [0, 0.05) is 11.8 Å². The van der Waals surface area contributed by atoms with Gasteiger partial charge in [0.1, 0.15) is 5.02 Å². The lowest BCUT2D eigenvalue weighted by Gasteiger charge is -2.12. The van der Waals surface area contributed by atoms with Crippen molar-refractivity contribution in [1.29, 1.82) is 0 Å². The van der Waals surface area contributed by atoms with Crippen LogP contribution in [0.1, 0.15) is 0 Å². The third kappa shape index (κ3) is 4.20. The van der Waals surface area contributed by atoms with E-state index < -0.39 is 13.0 Å². The van der Waals surface area contributed by atoms with Crippen molar-refractivity contribution >= 4 is 76.7 Å². The number of benzene rings is 1. The molecule has 1 aromatic rings. The Bertz CT molecular complexity index is 476. The van der Waals surface area contributed by atoms with E-state index in [-0.39, 0.29) is 16.4 Å². The second-order valence-electron chi connectivity index (χ2n) is 2.88. The van der Waals surface area contributed by atoms with E-state index in [9.17, 15) is 14.9 Å². The molecule has 0 fully saturated rings. The lowest BCUT2D eigenvalue weighted by atomic mass is 10.3. The lowest BCUT2D eigenvalue weighted by molar-refractivity contribution is -0.384. The first kappa shape index (κ1) is 14.9. The molecule has 1 amide bonds. The highest BCUT2D eigenvalue weighted by molar-refractivity contribution is 9.40. The van der Waals surface area contributed by atoms with Gasteiger partial charge in [0.25, 0.3) is 11.6 Å². The van der Waals surface area contributed by atoms with Crippen molar-refractivity contribution in [1.82, 2.24) is 0 Å². The molecule has 92 valence electrons. The summed E-state index contributed by atoms with van der Waals surface area (Å²) in [5.74, 6) is -0.464. The molecule has 17 heavy (non-hydrogen) atoms. The van der Waals surface area contributed by atoms with Crippen LogP contribution in [0.3, 0.4) is 0 Å². The summed E-state index contributed by atoms with van der Waals surface area (Å²) in [6.45, 7) is 0. The number of rotatable bonds is 2. The van der Waals surface area contributed by atoms with Crippen LogP contribution in [-0.4, -0.2) is 13.0 Å². The molecule has 0 atom stereocenters. The minimum atomic E-state index is -1.12. The molecule has 5 nitrogen and oxygen atoms in total. The molecular formula is C8H4Br3ClN2O3. The Balaban J connectivity index is 2.98. The van der Waals surface area contributed by atoms with Gasteiger partial charge in [0.2, 0.25) is 2.14 Å². The molecule has 0 saturated carbocycles. The molecule has 9 heteroatoms. The van der Waals surface area contributed by atoms with Gasteiger partial charge in [-0.1, -0.05) is 11.6 Å². The minimum Gasteiger partial charge on any atom is -0.323 e. The molecular weight excluding hydrogens is 447 g/mol. The third-order valence-electron chi connectivity index (χ3n) is 1.66. The smallest absolute Gasteiger partial charge is 0.289 e. The van der Waals surface area contributed by atoms with Gasteiger partial charge < -0.3 is 5.32 Å². The number of hydrogen-bond donors (Lipinski definition) is 1. The molecule has 1 rings (SSSR count). The Labute approximate surface area is 126 Å². The topological polar surface area (TPSA) is 72.2 Å². The van der Waals surface area contributed by atoms with Crippen molar-refractivity contribution in [3.05, 3.63) is 33.3 Å². The number of anilines is 1. The SMILES string of the molecule is O=C(Nc1ccc(Cl)c([N+](=O)[O-])c1)C(Br)(Br)Br. The summed E-state index contributed by atoms with van der Waals surface area (Å²) in [6.07, 6.45) is 0. The van der Waals surface area contributed by atoms with Crippen molar-refractivity contribution in [2.24, 2.45) is 0 Å². The molecule has 0 bridgehead atoms. The average molecular weight is 451 g/mol. The number of amides is 1. The standard InChI is InChI=1S/C8H4Br3ClN2O3/c9-8(10,11)7(15)13-4-1-2-5(12)6(3-4)14(16)17/h1-3H,(H,13,15). The quantitative estimate of drug-likeness (QED) is 0.420. The first-order valence-electron chi connectivity index (χ1n) is 4.04. The fourth-order valence-electron chi connectivity index (χ4n) is 0.932. The second kappa shape index (κ2) is 5.64. The van der Waals surface area contributed by atoms with E-state index in [0.717, 1.165) is 0 Å². The van der Waals surface area contributed by atoms with Crippen LogP contribution >= 0.6 is 59.4 Å². The third-order valence-corrected chi connectivity index (χ3v) is 3.06. The Morgan fingerprint density at radius 3 is 2.47 bits per heavy atom. The van der Waals surface area contributed by atoms with Crippen LogP contribution in [0.4, 0.5) is 11.4 Å². The van der Waals surface area contributed by atoms with Gasteiger partial charge in [-0.2, -0.15) is 0 Å². The van der Waals surface area contributed by atoms with Crippen LogP contribution in [0, 0.1) is 10.1 Å². The molecule has 0 aliphatic heterocycles. The van der Waals surface area contributed by atoms with Crippen LogP contribution in [0.15, 0.2) is 18.2 Å². The number of carbonyl (C=O) groups excluding carboxylic acids is 1. The molecule has 0 unspecified atom stereocenters. The van der Waals surface area contributed by atoms with Crippen LogP contribution in [0.25, 0.3) is 0 Å². The number of halogens is 4. The van der Waals surface area contributed by atoms with Gasteiger partial charge in [-0.25, -0.2) is 0 Å². The van der Waals surface area contributed by atoms with E-state index in [1.54, 1.807) is 0 Å². The maximum Gasteiger partial charge on any atom is 0.289 e. The van der Waals surface area contributed by atoms with Crippen molar-refractivity contribution < 1.29 is 9.72 Å². The van der Waals surface area contributed by atoms with Crippen LogP contribution in [0.2, 0.25) is 5.02 Å². The van der Waals surface area contributed by atoms with E-state index in [2.05, 4.69) is 53.1 Å². The number of nitro benzene ring substituents is 1. The Hall–Kier alpha value is -0.180. The minimum absolute atomic E-state index is 0.00999. The summed E-state index contributed by atoms with van der Waals surface area (Å²) in [6, 6.07) is 3.98. The summed E-state index contributed by atoms with van der Waals surface area (Å²) >= 11 is 14.7. The summed E-state index contributed by atoms with van der Waals surface area (Å²) in [5.41, 5.74) is 0.00242. The fourth-order valence-corrected chi connectivity index (χ4v) is 1.42. The molecule has 0 heterocycles. The number of nitrogens with one attached hydrogen (secondary N) is 1. The zero-order valence-electron chi connectivity index (χ0n) is 7.92. The first-order valence-corrected chi connectivity index (χ1v) is 6.79. The van der Waals surface area contributed by atoms with Gasteiger partial charge in [-0.15, -0.1) is 0 Å². The summed E-state index contributed by atoms with van der Waals surface area (Å²) < 4.78 is -1.12. The molecule has 0 saturated heterocycles. The van der Waals surface area contributed by atoms with Gasteiger partial charge in [-0.05, 0) is 59.9 Å².